The molecule has 1 aromatic heterocycles. The molecule has 3 rings (SSSR count). The van der Waals surface area contributed by atoms with Crippen molar-refractivity contribution < 1.29 is 17.9 Å². The zero-order valence-corrected chi connectivity index (χ0v) is 16.8. The van der Waals surface area contributed by atoms with Crippen molar-refractivity contribution >= 4 is 38.8 Å². The summed E-state index contributed by atoms with van der Waals surface area (Å²) in [4.78, 5) is 16.6. The van der Waals surface area contributed by atoms with Gasteiger partial charge in [0.2, 0.25) is 10.0 Å². The minimum absolute atomic E-state index is 0.213. The fourth-order valence-electron chi connectivity index (χ4n) is 3.07. The second kappa shape index (κ2) is 7.58. The van der Waals surface area contributed by atoms with Crippen LogP contribution in [0.25, 0.3) is 11.0 Å². The summed E-state index contributed by atoms with van der Waals surface area (Å²) >= 11 is 1.38. The van der Waals surface area contributed by atoms with E-state index in [9.17, 15) is 13.2 Å². The Labute approximate surface area is 157 Å². The highest BCUT2D eigenvalue weighted by Gasteiger charge is 2.30. The summed E-state index contributed by atoms with van der Waals surface area (Å²) in [5, 5.41) is 0.458. The fourth-order valence-corrected chi connectivity index (χ4v) is 5.68. The number of sulfonamides is 1. The van der Waals surface area contributed by atoms with E-state index >= 15 is 0 Å². The maximum Gasteiger partial charge on any atom is 0.319 e. The van der Waals surface area contributed by atoms with Crippen LogP contribution in [-0.4, -0.2) is 53.2 Å². The predicted molar refractivity (Wildman–Crippen MR) is 101 cm³/mol. The van der Waals surface area contributed by atoms with Crippen LogP contribution in [0.4, 0.5) is 0 Å². The molecule has 0 amide bonds. The first-order chi connectivity index (χ1) is 12.4. The summed E-state index contributed by atoms with van der Waals surface area (Å²) in [5.74, 6) is -0.213. The molecule has 1 aromatic carbocycles. The van der Waals surface area contributed by atoms with Gasteiger partial charge in [-0.1, -0.05) is 25.6 Å². The van der Waals surface area contributed by atoms with E-state index < -0.39 is 10.0 Å². The number of benzene rings is 1. The van der Waals surface area contributed by atoms with Gasteiger partial charge in [0, 0.05) is 26.1 Å². The van der Waals surface area contributed by atoms with Crippen LogP contribution in [0, 0.1) is 0 Å². The molecule has 26 heavy (non-hydrogen) atoms. The molecule has 1 fully saturated rings. The van der Waals surface area contributed by atoms with Crippen LogP contribution < -0.4 is 0 Å². The average Bonchev–Trinajstić information content (AvgIpc) is 3.18. The SMILES string of the molecule is CCN(CC)S(=O)(=O)c1ccc2c(c1)nc(S[C@@H]1CCOC1=O)n2CC. The highest BCUT2D eigenvalue weighted by atomic mass is 32.2. The van der Waals surface area contributed by atoms with Gasteiger partial charge in [-0.3, -0.25) is 4.79 Å². The van der Waals surface area contributed by atoms with Gasteiger partial charge in [-0.05, 0) is 25.1 Å². The Kier molecular flexibility index (Phi) is 5.59. The van der Waals surface area contributed by atoms with Gasteiger partial charge in [-0.15, -0.1) is 0 Å². The standard InChI is InChI=1S/C17H23N3O4S2/c1-4-19(5-2)26(22,23)12-7-8-14-13(11-12)18-17(20(14)6-3)25-15-9-10-24-16(15)21/h7-8,11,15H,4-6,9-10H2,1-3H3/t15-/m1/s1. The van der Waals surface area contributed by atoms with Crippen molar-refractivity contribution in [1.82, 2.24) is 13.9 Å². The van der Waals surface area contributed by atoms with Gasteiger partial charge >= 0.3 is 5.97 Å². The van der Waals surface area contributed by atoms with Crippen molar-refractivity contribution in [3.05, 3.63) is 18.2 Å². The zero-order valence-electron chi connectivity index (χ0n) is 15.1. The Morgan fingerprint density at radius 1 is 1.31 bits per heavy atom. The van der Waals surface area contributed by atoms with Crippen LogP contribution in [0.3, 0.4) is 0 Å². The number of aromatic nitrogens is 2. The van der Waals surface area contributed by atoms with Crippen molar-refractivity contribution in [3.63, 3.8) is 0 Å². The molecule has 0 unspecified atom stereocenters. The summed E-state index contributed by atoms with van der Waals surface area (Å²) in [7, 11) is -3.53. The lowest BCUT2D eigenvalue weighted by Crippen LogP contribution is -2.30. The molecule has 7 nitrogen and oxygen atoms in total. The first kappa shape index (κ1) is 19.2. The number of cyclic esters (lactones) is 1. The molecule has 1 aliphatic rings. The van der Waals surface area contributed by atoms with Crippen LogP contribution in [0.1, 0.15) is 27.2 Å². The first-order valence-corrected chi connectivity index (χ1v) is 11.1. The molecule has 0 saturated carbocycles. The molecule has 1 aliphatic heterocycles. The number of rotatable bonds is 7. The molecule has 0 bridgehead atoms. The Hall–Kier alpha value is -1.58. The van der Waals surface area contributed by atoms with E-state index in [4.69, 9.17) is 4.74 Å². The largest absolute Gasteiger partial charge is 0.465 e. The lowest BCUT2D eigenvalue weighted by molar-refractivity contribution is -0.137. The molecule has 142 valence electrons. The van der Waals surface area contributed by atoms with Crippen molar-refractivity contribution in [2.24, 2.45) is 0 Å². The maximum absolute atomic E-state index is 12.7. The van der Waals surface area contributed by atoms with E-state index in [1.54, 1.807) is 18.2 Å². The van der Waals surface area contributed by atoms with Gasteiger partial charge < -0.3 is 9.30 Å². The second-order valence-corrected chi connectivity index (χ2v) is 9.05. The van der Waals surface area contributed by atoms with Crippen molar-refractivity contribution in [1.29, 1.82) is 0 Å². The van der Waals surface area contributed by atoms with E-state index in [-0.39, 0.29) is 16.1 Å². The number of ether oxygens (including phenoxy) is 1. The number of aryl methyl sites for hydroxylation is 1. The van der Waals surface area contributed by atoms with Crippen molar-refractivity contribution in [2.45, 2.75) is 49.0 Å². The second-order valence-electron chi connectivity index (χ2n) is 5.94. The van der Waals surface area contributed by atoms with E-state index in [1.807, 2.05) is 25.3 Å². The van der Waals surface area contributed by atoms with E-state index in [1.165, 1.54) is 16.1 Å². The Morgan fingerprint density at radius 2 is 2.04 bits per heavy atom. The monoisotopic (exact) mass is 397 g/mol. The number of hydrogen-bond acceptors (Lipinski definition) is 6. The van der Waals surface area contributed by atoms with Crippen LogP contribution in [0.15, 0.2) is 28.3 Å². The molecule has 1 atom stereocenters. The minimum atomic E-state index is -3.53. The molecule has 2 aromatic rings. The average molecular weight is 398 g/mol. The summed E-state index contributed by atoms with van der Waals surface area (Å²) in [5.41, 5.74) is 1.48. The third-order valence-corrected chi connectivity index (χ3v) is 7.76. The van der Waals surface area contributed by atoms with Crippen molar-refractivity contribution in [3.8, 4) is 0 Å². The van der Waals surface area contributed by atoms with Gasteiger partial charge in [0.15, 0.2) is 5.16 Å². The molecule has 9 heteroatoms. The molecule has 1 saturated heterocycles. The highest BCUT2D eigenvalue weighted by Crippen LogP contribution is 2.32. The number of carbonyl (C=O) groups is 1. The normalized spacial score (nSPS) is 18.0. The molecular formula is C17H23N3O4S2. The molecule has 2 heterocycles. The maximum atomic E-state index is 12.7. The Morgan fingerprint density at radius 3 is 2.62 bits per heavy atom. The topological polar surface area (TPSA) is 81.5 Å². The lowest BCUT2D eigenvalue weighted by Gasteiger charge is -2.18. The van der Waals surface area contributed by atoms with E-state index in [2.05, 4.69) is 4.98 Å². The summed E-state index contributed by atoms with van der Waals surface area (Å²) < 4.78 is 33.9. The van der Waals surface area contributed by atoms with Gasteiger partial charge in [0.05, 0.1) is 22.5 Å². The van der Waals surface area contributed by atoms with Crippen LogP contribution >= 0.6 is 11.8 Å². The van der Waals surface area contributed by atoms with E-state index in [0.29, 0.717) is 43.3 Å². The predicted octanol–water partition coefficient (Wildman–Crippen LogP) is 2.49. The third-order valence-electron chi connectivity index (χ3n) is 4.48. The Balaban J connectivity index is 2.01. The molecule has 0 spiro atoms. The lowest BCUT2D eigenvalue weighted by atomic mass is 10.3. The van der Waals surface area contributed by atoms with Crippen molar-refractivity contribution in [2.75, 3.05) is 19.7 Å². The number of hydrogen-bond donors (Lipinski definition) is 0. The zero-order chi connectivity index (χ0) is 18.9. The number of imidazole rings is 1. The van der Waals surface area contributed by atoms with Gasteiger partial charge in [-0.25, -0.2) is 13.4 Å². The number of carbonyl (C=O) groups excluding carboxylic acids is 1. The van der Waals surface area contributed by atoms with Gasteiger partial charge in [-0.2, -0.15) is 4.31 Å². The fraction of sp³-hybridized carbons (Fsp3) is 0.529. The quantitative estimate of drug-likeness (QED) is 0.668. The summed E-state index contributed by atoms with van der Waals surface area (Å²) in [6, 6.07) is 5.04. The first-order valence-electron chi connectivity index (χ1n) is 8.76. The van der Waals surface area contributed by atoms with Gasteiger partial charge in [0.1, 0.15) is 5.25 Å². The van der Waals surface area contributed by atoms with Crippen LogP contribution in [0.2, 0.25) is 0 Å². The number of nitrogens with zero attached hydrogens (tertiary/aromatic N) is 3. The molecule has 0 N–H and O–H groups in total. The van der Waals surface area contributed by atoms with E-state index in [0.717, 1.165) is 5.52 Å². The third kappa shape index (κ3) is 3.35. The van der Waals surface area contributed by atoms with Gasteiger partial charge in [0.25, 0.3) is 0 Å². The summed E-state index contributed by atoms with van der Waals surface area (Å²) in [6.45, 7) is 7.61. The highest BCUT2D eigenvalue weighted by molar-refractivity contribution is 8.00. The number of fused-ring (bicyclic) bond motifs is 1. The number of esters is 1. The molecule has 0 radical (unpaired) electrons. The van der Waals surface area contributed by atoms with Crippen LogP contribution in [0.5, 0.6) is 0 Å². The smallest absolute Gasteiger partial charge is 0.319 e. The molecular weight excluding hydrogens is 374 g/mol. The number of thioether (sulfide) groups is 1. The Bertz CT molecular complexity index is 919. The van der Waals surface area contributed by atoms with Crippen LogP contribution in [-0.2, 0) is 26.1 Å². The molecule has 0 aliphatic carbocycles. The minimum Gasteiger partial charge on any atom is -0.465 e. The summed E-state index contributed by atoms with van der Waals surface area (Å²) in [6.07, 6.45) is 0.665.